The van der Waals surface area contributed by atoms with Gasteiger partial charge in [0.15, 0.2) is 0 Å². The Morgan fingerprint density at radius 2 is 2.00 bits per heavy atom. The fraction of sp³-hybridized carbons (Fsp3) is 0.538. The summed E-state index contributed by atoms with van der Waals surface area (Å²) in [5.41, 5.74) is 4.98. The lowest BCUT2D eigenvalue weighted by Crippen LogP contribution is -2.34. The monoisotopic (exact) mass is 313 g/mol. The molecule has 0 spiro atoms. The molecule has 1 aromatic carbocycles. The predicted molar refractivity (Wildman–Crippen MR) is 79.3 cm³/mol. The second-order valence-electron chi connectivity index (χ2n) is 5.82. The number of hydrogen-bond donors (Lipinski definition) is 2. The Morgan fingerprint density at radius 1 is 1.38 bits per heavy atom. The highest BCUT2D eigenvalue weighted by Crippen LogP contribution is 2.37. The molecule has 116 valence electrons. The van der Waals surface area contributed by atoms with Crippen LogP contribution < -0.4 is 10.5 Å². The van der Waals surface area contributed by atoms with Crippen molar-refractivity contribution in [1.82, 2.24) is 4.72 Å². The molecule has 2 rings (SSSR count). The minimum atomic E-state index is -3.77. The van der Waals surface area contributed by atoms with E-state index in [9.17, 15) is 18.5 Å². The van der Waals surface area contributed by atoms with Crippen LogP contribution in [0.3, 0.4) is 0 Å². The van der Waals surface area contributed by atoms with Gasteiger partial charge in [-0.2, -0.15) is 0 Å². The second-order valence-corrected chi connectivity index (χ2v) is 7.59. The van der Waals surface area contributed by atoms with Crippen LogP contribution in [0.1, 0.15) is 32.6 Å². The number of nitro benzene ring substituents is 1. The van der Waals surface area contributed by atoms with Crippen LogP contribution in [0, 0.1) is 15.5 Å². The Bertz CT molecular complexity index is 651. The fourth-order valence-corrected chi connectivity index (χ4v) is 3.83. The first-order chi connectivity index (χ1) is 9.73. The van der Waals surface area contributed by atoms with Crippen molar-refractivity contribution in [2.45, 2.75) is 37.5 Å². The van der Waals surface area contributed by atoms with Gasteiger partial charge < -0.3 is 5.73 Å². The summed E-state index contributed by atoms with van der Waals surface area (Å²) in [6.45, 7) is 2.39. The molecule has 0 aromatic heterocycles. The second kappa shape index (κ2) is 5.61. The van der Waals surface area contributed by atoms with Gasteiger partial charge in [-0.15, -0.1) is 0 Å². The molecule has 3 N–H and O–H groups in total. The van der Waals surface area contributed by atoms with Crippen LogP contribution in [-0.4, -0.2) is 19.9 Å². The summed E-state index contributed by atoms with van der Waals surface area (Å²) in [7, 11) is -3.77. The highest BCUT2D eigenvalue weighted by Gasteiger charge is 2.30. The lowest BCUT2D eigenvalue weighted by atomic mass is 9.89. The number of rotatable bonds is 5. The van der Waals surface area contributed by atoms with E-state index in [4.69, 9.17) is 5.73 Å². The third-order valence-electron chi connectivity index (χ3n) is 4.01. The standard InChI is InChI=1S/C13H19N3O4S/c1-13(6-2-3-7-13)9-15-21(19,20)10-4-5-11(14)12(8-10)16(17)18/h4-5,8,15H,2-3,6-7,9,14H2,1H3. The first-order valence-electron chi connectivity index (χ1n) is 6.77. The van der Waals surface area contributed by atoms with Crippen molar-refractivity contribution in [3.05, 3.63) is 28.3 Å². The Labute approximate surface area is 123 Å². The van der Waals surface area contributed by atoms with Crippen LogP contribution in [-0.2, 0) is 10.0 Å². The first kappa shape index (κ1) is 15.7. The van der Waals surface area contributed by atoms with E-state index in [-0.39, 0.29) is 16.0 Å². The molecule has 1 aliphatic rings. The van der Waals surface area contributed by atoms with Gasteiger partial charge in [0.25, 0.3) is 5.69 Å². The van der Waals surface area contributed by atoms with Crippen LogP contribution in [0.4, 0.5) is 11.4 Å². The SMILES string of the molecule is CC1(CNS(=O)(=O)c2ccc(N)c([N+](=O)[O-])c2)CCCC1. The van der Waals surface area contributed by atoms with E-state index < -0.39 is 20.6 Å². The number of benzene rings is 1. The Balaban J connectivity index is 2.19. The maximum atomic E-state index is 12.2. The molecule has 7 nitrogen and oxygen atoms in total. The number of nitrogens with zero attached hydrogens (tertiary/aromatic N) is 1. The van der Waals surface area contributed by atoms with E-state index in [1.165, 1.54) is 12.1 Å². The number of nitro groups is 1. The van der Waals surface area contributed by atoms with Gasteiger partial charge in [-0.25, -0.2) is 13.1 Å². The maximum Gasteiger partial charge on any atom is 0.293 e. The van der Waals surface area contributed by atoms with Gasteiger partial charge in [-0.1, -0.05) is 19.8 Å². The number of nitrogens with two attached hydrogens (primary N) is 1. The van der Waals surface area contributed by atoms with Gasteiger partial charge in [0.1, 0.15) is 5.69 Å². The van der Waals surface area contributed by atoms with Gasteiger partial charge in [-0.3, -0.25) is 10.1 Å². The molecule has 21 heavy (non-hydrogen) atoms. The number of anilines is 1. The molecular weight excluding hydrogens is 294 g/mol. The lowest BCUT2D eigenvalue weighted by Gasteiger charge is -2.23. The summed E-state index contributed by atoms with van der Waals surface area (Å²) in [5, 5.41) is 10.8. The molecule has 0 atom stereocenters. The van der Waals surface area contributed by atoms with Crippen LogP contribution in [0.25, 0.3) is 0 Å². The van der Waals surface area contributed by atoms with E-state index in [1.807, 2.05) is 6.92 Å². The smallest absolute Gasteiger partial charge is 0.293 e. The van der Waals surface area contributed by atoms with E-state index >= 15 is 0 Å². The number of hydrogen-bond acceptors (Lipinski definition) is 5. The molecule has 1 aliphatic carbocycles. The zero-order valence-corrected chi connectivity index (χ0v) is 12.6. The highest BCUT2D eigenvalue weighted by atomic mass is 32.2. The maximum absolute atomic E-state index is 12.2. The average Bonchev–Trinajstić information content (AvgIpc) is 2.84. The Hall–Kier alpha value is -1.67. The van der Waals surface area contributed by atoms with Crippen molar-refractivity contribution in [2.24, 2.45) is 5.41 Å². The number of nitrogen functional groups attached to an aromatic ring is 1. The van der Waals surface area contributed by atoms with Crippen LogP contribution in [0.15, 0.2) is 23.1 Å². The quantitative estimate of drug-likeness (QED) is 0.490. The number of nitrogens with one attached hydrogen (secondary N) is 1. The zero-order chi connectivity index (χ0) is 15.7. The molecule has 1 fully saturated rings. The molecule has 0 amide bonds. The van der Waals surface area contributed by atoms with Gasteiger partial charge in [-0.05, 0) is 30.4 Å². The third kappa shape index (κ3) is 3.51. The molecule has 8 heteroatoms. The number of sulfonamides is 1. The lowest BCUT2D eigenvalue weighted by molar-refractivity contribution is -0.384. The minimum absolute atomic E-state index is 0.0349. The molecule has 1 aromatic rings. The average molecular weight is 313 g/mol. The van der Waals surface area contributed by atoms with Gasteiger partial charge >= 0.3 is 0 Å². The molecule has 0 bridgehead atoms. The van der Waals surface area contributed by atoms with Crippen LogP contribution in [0.2, 0.25) is 0 Å². The normalized spacial score (nSPS) is 17.8. The van der Waals surface area contributed by atoms with Crippen LogP contribution >= 0.6 is 0 Å². The van der Waals surface area contributed by atoms with Crippen molar-refractivity contribution in [3.63, 3.8) is 0 Å². The minimum Gasteiger partial charge on any atom is -0.393 e. The molecule has 0 aliphatic heterocycles. The summed E-state index contributed by atoms with van der Waals surface area (Å²) in [5.74, 6) is 0. The molecular formula is C13H19N3O4S. The van der Waals surface area contributed by atoms with E-state index in [1.54, 1.807) is 0 Å². The van der Waals surface area contributed by atoms with Gasteiger partial charge in [0, 0.05) is 12.6 Å². The van der Waals surface area contributed by atoms with Crippen molar-refractivity contribution in [3.8, 4) is 0 Å². The Morgan fingerprint density at radius 3 is 2.57 bits per heavy atom. The van der Waals surface area contributed by atoms with Crippen molar-refractivity contribution in [1.29, 1.82) is 0 Å². The molecule has 0 heterocycles. The Kier molecular flexibility index (Phi) is 4.20. The largest absolute Gasteiger partial charge is 0.393 e. The molecule has 0 radical (unpaired) electrons. The van der Waals surface area contributed by atoms with Crippen molar-refractivity contribution in [2.75, 3.05) is 12.3 Å². The summed E-state index contributed by atoms with van der Waals surface area (Å²) in [6.07, 6.45) is 4.17. The summed E-state index contributed by atoms with van der Waals surface area (Å²) >= 11 is 0. The summed E-state index contributed by atoms with van der Waals surface area (Å²) < 4.78 is 27.0. The van der Waals surface area contributed by atoms with E-state index in [0.717, 1.165) is 31.7 Å². The first-order valence-corrected chi connectivity index (χ1v) is 8.25. The summed E-state index contributed by atoms with van der Waals surface area (Å²) in [4.78, 5) is 10.0. The van der Waals surface area contributed by atoms with Gasteiger partial charge in [0.2, 0.25) is 10.0 Å². The van der Waals surface area contributed by atoms with Crippen molar-refractivity contribution < 1.29 is 13.3 Å². The zero-order valence-electron chi connectivity index (χ0n) is 11.8. The summed E-state index contributed by atoms with van der Waals surface area (Å²) in [6, 6.07) is 3.51. The topological polar surface area (TPSA) is 115 Å². The van der Waals surface area contributed by atoms with Crippen molar-refractivity contribution >= 4 is 21.4 Å². The van der Waals surface area contributed by atoms with E-state index in [2.05, 4.69) is 4.72 Å². The molecule has 1 saturated carbocycles. The molecule has 0 saturated heterocycles. The fourth-order valence-electron chi connectivity index (χ4n) is 2.61. The highest BCUT2D eigenvalue weighted by molar-refractivity contribution is 7.89. The van der Waals surface area contributed by atoms with Gasteiger partial charge in [0.05, 0.1) is 9.82 Å². The van der Waals surface area contributed by atoms with Crippen LogP contribution in [0.5, 0.6) is 0 Å². The third-order valence-corrected chi connectivity index (χ3v) is 5.41. The van der Waals surface area contributed by atoms with E-state index in [0.29, 0.717) is 6.54 Å². The molecule has 0 unspecified atom stereocenters. The predicted octanol–water partition coefficient (Wildman–Crippen LogP) is 2.04.